The number of rotatable bonds is 12. The van der Waals surface area contributed by atoms with Crippen LogP contribution in [0.4, 0.5) is 0 Å². The van der Waals surface area contributed by atoms with Crippen LogP contribution in [0.5, 0.6) is 0 Å². The monoisotopic (exact) mass is 642 g/mol. The highest BCUT2D eigenvalue weighted by molar-refractivity contribution is 5.85. The Balaban J connectivity index is 1.34. The maximum atomic E-state index is 13.7. The fourth-order valence-corrected chi connectivity index (χ4v) is 11.3. The lowest BCUT2D eigenvalue weighted by atomic mass is 9.36. The summed E-state index contributed by atoms with van der Waals surface area (Å²) >= 11 is 0. The fourth-order valence-electron chi connectivity index (χ4n) is 11.3. The first kappa shape index (κ1) is 34.3. The van der Waals surface area contributed by atoms with Crippen molar-refractivity contribution in [2.75, 3.05) is 6.61 Å². The molecule has 3 aliphatic carbocycles. The number of cyclic esters (lactones) is 1. The molecule has 0 unspecified atom stereocenters. The molecule has 3 saturated carbocycles. The van der Waals surface area contributed by atoms with E-state index in [1.807, 2.05) is 0 Å². The van der Waals surface area contributed by atoms with Gasteiger partial charge in [-0.05, 0) is 93.1 Å². The number of esters is 2. The Labute approximate surface area is 283 Å². The molecule has 5 nitrogen and oxygen atoms in total. The lowest BCUT2D eigenvalue weighted by Gasteiger charge is -2.69. The summed E-state index contributed by atoms with van der Waals surface area (Å²) in [5.41, 5.74) is 0.109. The number of carbonyl (C=O) groups is 2. The summed E-state index contributed by atoms with van der Waals surface area (Å²) in [6.07, 6.45) is 18.6. The second-order valence-corrected chi connectivity index (χ2v) is 16.5. The normalized spacial score (nSPS) is 36.1. The summed E-state index contributed by atoms with van der Waals surface area (Å²) in [4.78, 5) is 25.3. The molecule has 0 radical (unpaired) electrons. The van der Waals surface area contributed by atoms with Crippen molar-refractivity contribution < 1.29 is 24.2 Å². The summed E-state index contributed by atoms with van der Waals surface area (Å²) < 4.78 is 11.9. The van der Waals surface area contributed by atoms with E-state index >= 15 is 0 Å². The first-order valence-electron chi connectivity index (χ1n) is 18.9. The summed E-state index contributed by atoms with van der Waals surface area (Å²) in [6, 6.07) is 10.8. The van der Waals surface area contributed by atoms with Crippen LogP contribution in [-0.2, 0) is 25.5 Å². The van der Waals surface area contributed by atoms with Gasteiger partial charge in [-0.15, -0.1) is 5.92 Å². The van der Waals surface area contributed by atoms with Crippen molar-refractivity contribution in [3.63, 3.8) is 0 Å². The smallest absolute Gasteiger partial charge is 0.331 e. The van der Waals surface area contributed by atoms with E-state index in [1.54, 1.807) is 6.08 Å². The van der Waals surface area contributed by atoms with Crippen LogP contribution >= 0.6 is 0 Å². The van der Waals surface area contributed by atoms with Crippen LogP contribution in [0.15, 0.2) is 42.0 Å². The first-order chi connectivity index (χ1) is 22.6. The van der Waals surface area contributed by atoms with E-state index < -0.39 is 16.4 Å². The number of aryl methyl sites for hydroxylation is 1. The molecular formula is C42H58O5. The molecule has 1 aromatic carbocycles. The average molecular weight is 643 g/mol. The molecule has 5 heteroatoms. The summed E-state index contributed by atoms with van der Waals surface area (Å²) in [5.74, 6) is 7.80. The molecule has 1 aromatic rings. The lowest BCUT2D eigenvalue weighted by molar-refractivity contribution is -0.284. The van der Waals surface area contributed by atoms with Crippen molar-refractivity contribution in [3.05, 3.63) is 47.5 Å². The molecule has 0 spiro atoms. The molecule has 0 saturated heterocycles. The highest BCUT2D eigenvalue weighted by Gasteiger charge is 2.72. The van der Waals surface area contributed by atoms with Crippen molar-refractivity contribution in [2.45, 2.75) is 148 Å². The third-order valence-corrected chi connectivity index (χ3v) is 13.6. The lowest BCUT2D eigenvalue weighted by Crippen LogP contribution is -2.72. The second kappa shape index (κ2) is 14.1. The number of hydrogen-bond donors (Lipinski definition) is 1. The number of ether oxygens (including phenoxy) is 2. The van der Waals surface area contributed by atoms with Crippen molar-refractivity contribution in [1.82, 2.24) is 0 Å². The van der Waals surface area contributed by atoms with Gasteiger partial charge in [0.1, 0.15) is 12.7 Å². The fraction of sp³-hybridized carbons (Fsp3) is 0.714. The zero-order valence-corrected chi connectivity index (χ0v) is 29.3. The third-order valence-electron chi connectivity index (χ3n) is 13.6. The number of fused-ring (bicyclic) bond motifs is 4. The van der Waals surface area contributed by atoms with Gasteiger partial charge < -0.3 is 14.6 Å². The van der Waals surface area contributed by atoms with Gasteiger partial charge in [0.05, 0.1) is 17.4 Å². The SMILES string of the molecule is C[C@H](CCCc1ccccc1)CCC[C@]12CCC[C@@](C)(C3CCCC3)[C@@H]1[C@H]1C[C@](C)(C#CCCC(=O)O1)[C@]2(O)CCC1=CC(=O)OC1. The van der Waals surface area contributed by atoms with E-state index in [1.165, 1.54) is 44.1 Å². The zero-order chi connectivity index (χ0) is 33.1. The molecule has 3 fully saturated rings. The Hall–Kier alpha value is -2.58. The van der Waals surface area contributed by atoms with Crippen molar-refractivity contribution in [2.24, 2.45) is 34.0 Å². The summed E-state index contributed by atoms with van der Waals surface area (Å²) in [6.45, 7) is 7.36. The summed E-state index contributed by atoms with van der Waals surface area (Å²) in [5, 5.41) is 13.7. The van der Waals surface area contributed by atoms with Crippen LogP contribution in [0, 0.1) is 45.8 Å². The minimum atomic E-state index is -1.09. The molecule has 2 heterocycles. The molecule has 6 rings (SSSR count). The Morgan fingerprint density at radius 2 is 1.74 bits per heavy atom. The molecule has 2 aliphatic heterocycles. The maximum Gasteiger partial charge on any atom is 0.331 e. The van der Waals surface area contributed by atoms with E-state index in [-0.39, 0.29) is 29.4 Å². The minimum Gasteiger partial charge on any atom is -0.462 e. The molecule has 7 atom stereocenters. The Kier molecular flexibility index (Phi) is 10.3. The maximum absolute atomic E-state index is 13.7. The number of carbonyl (C=O) groups excluding carboxylic acids is 2. The molecule has 0 amide bonds. The van der Waals surface area contributed by atoms with Crippen LogP contribution < -0.4 is 0 Å². The first-order valence-corrected chi connectivity index (χ1v) is 18.9. The Bertz CT molecular complexity index is 1370. The zero-order valence-electron chi connectivity index (χ0n) is 29.3. The largest absolute Gasteiger partial charge is 0.462 e. The van der Waals surface area contributed by atoms with Crippen molar-refractivity contribution in [1.29, 1.82) is 0 Å². The van der Waals surface area contributed by atoms with E-state index in [4.69, 9.17) is 9.47 Å². The predicted octanol–water partition coefficient (Wildman–Crippen LogP) is 8.91. The van der Waals surface area contributed by atoms with Gasteiger partial charge in [-0.25, -0.2) is 4.79 Å². The van der Waals surface area contributed by atoms with Crippen LogP contribution in [0.1, 0.15) is 135 Å². The van der Waals surface area contributed by atoms with Gasteiger partial charge in [-0.1, -0.05) is 88.6 Å². The van der Waals surface area contributed by atoms with Gasteiger partial charge in [0.25, 0.3) is 0 Å². The standard InChI is InChI=1S/C42H58O5/c1-31(14-11-18-32-16-5-4-6-17-32)15-12-25-41-26-13-24-40(3,34-19-7-8-20-34)38(41)35-29-39(2,23-10-9-21-36(43)47-35)42(41,45)27-22-33-28-37(44)46-30-33/h4-6,16-17,28,31,34-35,38,45H,7-9,11-15,18-22,24-27,29-30H2,1-3H3/t31-,35-,38+,39+,40+,41+,42-/m1/s1. The van der Waals surface area contributed by atoms with Gasteiger partial charge in [-0.2, -0.15) is 0 Å². The van der Waals surface area contributed by atoms with Crippen molar-refractivity contribution >= 4 is 11.9 Å². The van der Waals surface area contributed by atoms with Crippen LogP contribution in [0.3, 0.4) is 0 Å². The predicted molar refractivity (Wildman–Crippen MR) is 185 cm³/mol. The van der Waals surface area contributed by atoms with E-state index in [9.17, 15) is 14.7 Å². The highest BCUT2D eigenvalue weighted by Crippen LogP contribution is 2.71. The van der Waals surface area contributed by atoms with Gasteiger partial charge in [0.2, 0.25) is 0 Å². The molecule has 1 N–H and O–H groups in total. The Morgan fingerprint density at radius 3 is 2.49 bits per heavy atom. The van der Waals surface area contributed by atoms with E-state index in [2.05, 4.69) is 62.9 Å². The average Bonchev–Trinajstić information content (AvgIpc) is 3.75. The van der Waals surface area contributed by atoms with Crippen LogP contribution in [-0.4, -0.2) is 35.4 Å². The minimum absolute atomic E-state index is 0.0104. The topological polar surface area (TPSA) is 72.8 Å². The molecule has 256 valence electrons. The van der Waals surface area contributed by atoms with Crippen molar-refractivity contribution in [3.8, 4) is 11.8 Å². The van der Waals surface area contributed by atoms with Gasteiger partial charge >= 0.3 is 11.9 Å². The highest BCUT2D eigenvalue weighted by atomic mass is 16.5. The van der Waals surface area contributed by atoms with Gasteiger partial charge in [-0.3, -0.25) is 4.79 Å². The molecule has 5 aliphatic rings. The molecule has 2 bridgehead atoms. The molecule has 47 heavy (non-hydrogen) atoms. The molecular weight excluding hydrogens is 584 g/mol. The summed E-state index contributed by atoms with van der Waals surface area (Å²) in [7, 11) is 0. The number of aliphatic hydroxyl groups is 1. The third kappa shape index (κ3) is 6.70. The van der Waals surface area contributed by atoms with E-state index in [0.717, 1.165) is 50.5 Å². The van der Waals surface area contributed by atoms with E-state index in [0.29, 0.717) is 50.5 Å². The quantitative estimate of drug-likeness (QED) is 0.182. The number of hydrogen-bond acceptors (Lipinski definition) is 5. The van der Waals surface area contributed by atoms with Gasteiger partial charge in [0, 0.05) is 30.3 Å². The van der Waals surface area contributed by atoms with Crippen LogP contribution in [0.2, 0.25) is 0 Å². The number of benzene rings is 1. The second-order valence-electron chi connectivity index (χ2n) is 16.5. The van der Waals surface area contributed by atoms with Gasteiger partial charge in [0.15, 0.2) is 0 Å². The van der Waals surface area contributed by atoms with Crippen LogP contribution in [0.25, 0.3) is 0 Å². The molecule has 0 aromatic heterocycles. The Morgan fingerprint density at radius 1 is 0.979 bits per heavy atom.